The Labute approximate surface area is 150 Å². The van der Waals surface area contributed by atoms with Gasteiger partial charge in [0.1, 0.15) is 18.1 Å². The second kappa shape index (κ2) is 9.72. The summed E-state index contributed by atoms with van der Waals surface area (Å²) >= 11 is 0. The first-order chi connectivity index (χ1) is 12.1. The number of benzene rings is 2. The molecule has 0 aliphatic heterocycles. The molecule has 2 rings (SSSR count). The van der Waals surface area contributed by atoms with Crippen LogP contribution in [0.1, 0.15) is 31.4 Å². The van der Waals surface area contributed by atoms with Crippen LogP contribution in [-0.2, 0) is 11.2 Å². The van der Waals surface area contributed by atoms with Crippen molar-refractivity contribution in [1.29, 1.82) is 0 Å². The molecule has 1 atom stereocenters. The number of carbonyl (C=O) groups excluding carboxylic acids is 1. The van der Waals surface area contributed by atoms with Gasteiger partial charge in [0.25, 0.3) is 5.91 Å². The van der Waals surface area contributed by atoms with Crippen LogP contribution in [0.15, 0.2) is 48.5 Å². The summed E-state index contributed by atoms with van der Waals surface area (Å²) in [6, 6.07) is 15.7. The van der Waals surface area contributed by atoms with E-state index in [0.717, 1.165) is 24.2 Å². The number of ether oxygens (including phenoxy) is 2. The van der Waals surface area contributed by atoms with Gasteiger partial charge < -0.3 is 14.8 Å². The normalized spacial score (nSPS) is 11.6. The first kappa shape index (κ1) is 18.8. The molecule has 0 saturated heterocycles. The summed E-state index contributed by atoms with van der Waals surface area (Å²) in [6.45, 7) is 6.78. The molecule has 4 heteroatoms. The zero-order valence-electron chi connectivity index (χ0n) is 15.2. The highest BCUT2D eigenvalue weighted by atomic mass is 16.5. The van der Waals surface area contributed by atoms with Gasteiger partial charge in [0, 0.05) is 0 Å². The Morgan fingerprint density at radius 1 is 1.04 bits per heavy atom. The lowest BCUT2D eigenvalue weighted by Crippen LogP contribution is -2.38. The second-order valence-corrected chi connectivity index (χ2v) is 6.11. The molecule has 0 spiro atoms. The van der Waals surface area contributed by atoms with Crippen molar-refractivity contribution >= 4 is 5.91 Å². The number of hydrogen-bond acceptors (Lipinski definition) is 3. The molecule has 0 saturated carbocycles. The SMILES string of the molecule is CCCc1ccc(OCCNC(=O)[C@@H](C)Oc2ccc(C)cc2)cc1. The van der Waals surface area contributed by atoms with Gasteiger partial charge in [-0.25, -0.2) is 0 Å². The second-order valence-electron chi connectivity index (χ2n) is 6.11. The lowest BCUT2D eigenvalue weighted by atomic mass is 10.1. The number of rotatable bonds is 9. The molecule has 2 aromatic rings. The first-order valence-corrected chi connectivity index (χ1v) is 8.81. The van der Waals surface area contributed by atoms with Crippen LogP contribution >= 0.6 is 0 Å². The van der Waals surface area contributed by atoms with E-state index in [9.17, 15) is 4.79 Å². The van der Waals surface area contributed by atoms with Gasteiger partial charge in [0.05, 0.1) is 6.54 Å². The third-order valence-corrected chi connectivity index (χ3v) is 3.84. The quantitative estimate of drug-likeness (QED) is 0.704. The van der Waals surface area contributed by atoms with Gasteiger partial charge in [0.2, 0.25) is 0 Å². The van der Waals surface area contributed by atoms with E-state index in [2.05, 4.69) is 24.4 Å². The number of carbonyl (C=O) groups is 1. The summed E-state index contributed by atoms with van der Waals surface area (Å²) in [6.07, 6.45) is 1.67. The van der Waals surface area contributed by atoms with Crippen LogP contribution in [0, 0.1) is 6.92 Å². The molecule has 0 aliphatic rings. The Kier molecular flexibility index (Phi) is 7.33. The fourth-order valence-electron chi connectivity index (χ4n) is 2.40. The minimum Gasteiger partial charge on any atom is -0.492 e. The summed E-state index contributed by atoms with van der Waals surface area (Å²) in [5, 5.41) is 2.83. The lowest BCUT2D eigenvalue weighted by molar-refractivity contribution is -0.127. The molecule has 0 fully saturated rings. The number of aryl methyl sites for hydroxylation is 2. The minimum atomic E-state index is -0.545. The van der Waals surface area contributed by atoms with Crippen LogP contribution < -0.4 is 14.8 Å². The molecule has 0 heterocycles. The molecule has 0 radical (unpaired) electrons. The van der Waals surface area contributed by atoms with E-state index in [4.69, 9.17) is 9.47 Å². The minimum absolute atomic E-state index is 0.150. The highest BCUT2D eigenvalue weighted by Gasteiger charge is 2.13. The standard InChI is InChI=1S/C21H27NO3/c1-4-5-18-8-12-19(13-9-18)24-15-14-22-21(23)17(3)25-20-10-6-16(2)7-11-20/h6-13,17H,4-5,14-15H2,1-3H3,(H,22,23)/t17-/m1/s1. The molecule has 0 unspecified atom stereocenters. The van der Waals surface area contributed by atoms with E-state index in [1.165, 1.54) is 5.56 Å². The zero-order valence-corrected chi connectivity index (χ0v) is 15.2. The maximum atomic E-state index is 12.1. The maximum absolute atomic E-state index is 12.1. The van der Waals surface area contributed by atoms with Crippen LogP contribution in [0.2, 0.25) is 0 Å². The Balaban J connectivity index is 1.68. The average molecular weight is 341 g/mol. The molecule has 25 heavy (non-hydrogen) atoms. The monoisotopic (exact) mass is 341 g/mol. The summed E-state index contributed by atoms with van der Waals surface area (Å²) in [5.74, 6) is 1.36. The average Bonchev–Trinajstić information content (AvgIpc) is 2.62. The van der Waals surface area contributed by atoms with Crippen LogP contribution in [0.3, 0.4) is 0 Å². The Morgan fingerprint density at radius 2 is 1.68 bits per heavy atom. The topological polar surface area (TPSA) is 47.6 Å². The van der Waals surface area contributed by atoms with Crippen molar-refractivity contribution in [2.75, 3.05) is 13.2 Å². The van der Waals surface area contributed by atoms with Crippen molar-refractivity contribution < 1.29 is 14.3 Å². The van der Waals surface area contributed by atoms with Crippen molar-refractivity contribution in [3.63, 3.8) is 0 Å². The highest BCUT2D eigenvalue weighted by Crippen LogP contribution is 2.14. The molecule has 4 nitrogen and oxygen atoms in total. The Bertz CT molecular complexity index is 650. The van der Waals surface area contributed by atoms with Gasteiger partial charge in [-0.05, 0) is 50.1 Å². The van der Waals surface area contributed by atoms with Crippen LogP contribution in [0.5, 0.6) is 11.5 Å². The summed E-state index contributed by atoms with van der Waals surface area (Å²) in [5.41, 5.74) is 2.47. The summed E-state index contributed by atoms with van der Waals surface area (Å²) in [4.78, 5) is 12.1. The van der Waals surface area contributed by atoms with Crippen molar-refractivity contribution in [1.82, 2.24) is 5.32 Å². The van der Waals surface area contributed by atoms with E-state index < -0.39 is 6.10 Å². The van der Waals surface area contributed by atoms with E-state index in [1.54, 1.807) is 6.92 Å². The van der Waals surface area contributed by atoms with Gasteiger partial charge in [-0.2, -0.15) is 0 Å². The molecular weight excluding hydrogens is 314 g/mol. The molecule has 1 N–H and O–H groups in total. The van der Waals surface area contributed by atoms with Crippen LogP contribution in [0.25, 0.3) is 0 Å². The van der Waals surface area contributed by atoms with E-state index >= 15 is 0 Å². The predicted molar refractivity (Wildman–Crippen MR) is 100 cm³/mol. The molecule has 134 valence electrons. The largest absolute Gasteiger partial charge is 0.492 e. The molecule has 0 aliphatic carbocycles. The third-order valence-electron chi connectivity index (χ3n) is 3.84. The van der Waals surface area contributed by atoms with E-state index in [1.807, 2.05) is 43.3 Å². The number of amides is 1. The van der Waals surface area contributed by atoms with Crippen molar-refractivity contribution in [2.45, 2.75) is 39.7 Å². The fraction of sp³-hybridized carbons (Fsp3) is 0.381. The van der Waals surface area contributed by atoms with Gasteiger partial charge in [-0.1, -0.05) is 43.2 Å². The van der Waals surface area contributed by atoms with Gasteiger partial charge >= 0.3 is 0 Å². The van der Waals surface area contributed by atoms with Gasteiger partial charge in [0.15, 0.2) is 6.10 Å². The zero-order chi connectivity index (χ0) is 18.1. The van der Waals surface area contributed by atoms with Gasteiger partial charge in [-0.15, -0.1) is 0 Å². The molecule has 1 amide bonds. The van der Waals surface area contributed by atoms with Crippen LogP contribution in [0.4, 0.5) is 0 Å². The summed E-state index contributed by atoms with van der Waals surface area (Å²) in [7, 11) is 0. The van der Waals surface area contributed by atoms with Crippen molar-refractivity contribution in [3.05, 3.63) is 59.7 Å². The Hall–Kier alpha value is -2.49. The van der Waals surface area contributed by atoms with E-state index in [0.29, 0.717) is 18.9 Å². The highest BCUT2D eigenvalue weighted by molar-refractivity contribution is 5.80. The molecule has 2 aromatic carbocycles. The molecule has 0 bridgehead atoms. The molecule has 0 aromatic heterocycles. The number of nitrogens with one attached hydrogen (secondary N) is 1. The summed E-state index contributed by atoms with van der Waals surface area (Å²) < 4.78 is 11.3. The number of hydrogen-bond donors (Lipinski definition) is 1. The molecular formula is C21H27NO3. The maximum Gasteiger partial charge on any atom is 0.260 e. The van der Waals surface area contributed by atoms with Crippen molar-refractivity contribution in [3.8, 4) is 11.5 Å². The lowest BCUT2D eigenvalue weighted by Gasteiger charge is -2.15. The smallest absolute Gasteiger partial charge is 0.260 e. The van der Waals surface area contributed by atoms with Crippen molar-refractivity contribution in [2.24, 2.45) is 0 Å². The first-order valence-electron chi connectivity index (χ1n) is 8.81. The fourth-order valence-corrected chi connectivity index (χ4v) is 2.40. The third kappa shape index (κ3) is 6.49. The predicted octanol–water partition coefficient (Wildman–Crippen LogP) is 3.91. The van der Waals surface area contributed by atoms with Crippen LogP contribution in [-0.4, -0.2) is 25.2 Å². The Morgan fingerprint density at radius 3 is 2.32 bits per heavy atom. The van der Waals surface area contributed by atoms with Gasteiger partial charge in [-0.3, -0.25) is 4.79 Å². The van der Waals surface area contributed by atoms with E-state index in [-0.39, 0.29) is 5.91 Å².